The molecule has 0 radical (unpaired) electrons. The SMILES string of the molecule is O=C(/C=C/c1ccc(/C=C/C(=O)OCc2ccccc2)cc1)OCc1ccccc1. The normalized spacial score (nSPS) is 10.9. The topological polar surface area (TPSA) is 52.6 Å². The van der Waals surface area contributed by atoms with Crippen LogP contribution in [-0.2, 0) is 32.3 Å². The lowest BCUT2D eigenvalue weighted by molar-refractivity contribution is -0.139. The first-order valence-electron chi connectivity index (χ1n) is 9.57. The predicted octanol–water partition coefficient (Wildman–Crippen LogP) is 5.20. The molecule has 3 aromatic carbocycles. The van der Waals surface area contributed by atoms with Crippen molar-refractivity contribution in [2.45, 2.75) is 13.2 Å². The van der Waals surface area contributed by atoms with E-state index in [1.54, 1.807) is 12.2 Å². The van der Waals surface area contributed by atoms with Crippen LogP contribution in [0.5, 0.6) is 0 Å². The zero-order valence-electron chi connectivity index (χ0n) is 16.4. The van der Waals surface area contributed by atoms with Gasteiger partial charge >= 0.3 is 11.9 Å². The van der Waals surface area contributed by atoms with Gasteiger partial charge in [0.25, 0.3) is 0 Å². The summed E-state index contributed by atoms with van der Waals surface area (Å²) in [7, 11) is 0. The van der Waals surface area contributed by atoms with Gasteiger partial charge in [-0.15, -0.1) is 0 Å². The van der Waals surface area contributed by atoms with Crippen molar-refractivity contribution in [1.82, 2.24) is 0 Å². The molecule has 0 aromatic heterocycles. The van der Waals surface area contributed by atoms with Crippen molar-refractivity contribution in [3.8, 4) is 0 Å². The van der Waals surface area contributed by atoms with Gasteiger partial charge in [0.05, 0.1) is 0 Å². The van der Waals surface area contributed by atoms with Gasteiger partial charge in [0.2, 0.25) is 0 Å². The fraction of sp³-hybridized carbons (Fsp3) is 0.0769. The van der Waals surface area contributed by atoms with Crippen LogP contribution in [-0.4, -0.2) is 11.9 Å². The van der Waals surface area contributed by atoms with Crippen molar-refractivity contribution in [1.29, 1.82) is 0 Å². The van der Waals surface area contributed by atoms with Gasteiger partial charge in [-0.3, -0.25) is 0 Å². The highest BCUT2D eigenvalue weighted by Crippen LogP contribution is 2.09. The fourth-order valence-corrected chi connectivity index (χ4v) is 2.60. The van der Waals surface area contributed by atoms with Crippen LogP contribution < -0.4 is 0 Å². The summed E-state index contributed by atoms with van der Waals surface area (Å²) in [6.07, 6.45) is 6.17. The van der Waals surface area contributed by atoms with E-state index in [1.807, 2.05) is 84.9 Å². The van der Waals surface area contributed by atoms with E-state index >= 15 is 0 Å². The second-order valence-electron chi connectivity index (χ2n) is 6.52. The summed E-state index contributed by atoms with van der Waals surface area (Å²) in [6, 6.07) is 26.5. The molecule has 0 aliphatic carbocycles. The highest BCUT2D eigenvalue weighted by Gasteiger charge is 2.00. The highest BCUT2D eigenvalue weighted by atomic mass is 16.5. The average Bonchev–Trinajstić information content (AvgIpc) is 2.80. The van der Waals surface area contributed by atoms with Crippen LogP contribution in [0, 0.1) is 0 Å². The van der Waals surface area contributed by atoms with Crippen molar-refractivity contribution in [2.24, 2.45) is 0 Å². The van der Waals surface area contributed by atoms with E-state index in [2.05, 4.69) is 0 Å². The lowest BCUT2D eigenvalue weighted by Gasteiger charge is -2.02. The third-order valence-corrected chi connectivity index (χ3v) is 4.21. The van der Waals surface area contributed by atoms with Gasteiger partial charge < -0.3 is 9.47 Å². The van der Waals surface area contributed by atoms with E-state index in [9.17, 15) is 9.59 Å². The molecule has 3 rings (SSSR count). The minimum Gasteiger partial charge on any atom is -0.458 e. The quantitative estimate of drug-likeness (QED) is 0.387. The maximum atomic E-state index is 11.8. The molecule has 150 valence electrons. The largest absolute Gasteiger partial charge is 0.458 e. The van der Waals surface area contributed by atoms with Gasteiger partial charge in [-0.05, 0) is 34.4 Å². The second kappa shape index (κ2) is 11.2. The van der Waals surface area contributed by atoms with Crippen LogP contribution in [0.15, 0.2) is 97.1 Å². The lowest BCUT2D eigenvalue weighted by atomic mass is 10.1. The van der Waals surface area contributed by atoms with Crippen molar-refractivity contribution in [3.63, 3.8) is 0 Å². The smallest absolute Gasteiger partial charge is 0.331 e. The zero-order valence-corrected chi connectivity index (χ0v) is 16.4. The summed E-state index contributed by atoms with van der Waals surface area (Å²) in [6.45, 7) is 0.488. The van der Waals surface area contributed by atoms with Gasteiger partial charge in [-0.2, -0.15) is 0 Å². The van der Waals surface area contributed by atoms with Gasteiger partial charge in [0.1, 0.15) is 13.2 Å². The summed E-state index contributed by atoms with van der Waals surface area (Å²) in [5.74, 6) is -0.798. The molecule has 4 heteroatoms. The number of hydrogen-bond acceptors (Lipinski definition) is 4. The molecular formula is C26H22O4. The van der Waals surface area contributed by atoms with E-state index in [1.165, 1.54) is 12.2 Å². The van der Waals surface area contributed by atoms with Crippen LogP contribution in [0.4, 0.5) is 0 Å². The number of esters is 2. The van der Waals surface area contributed by atoms with E-state index in [0.717, 1.165) is 22.3 Å². The Morgan fingerprint density at radius 2 is 0.933 bits per heavy atom. The Morgan fingerprint density at radius 3 is 1.30 bits per heavy atom. The number of carbonyl (C=O) groups is 2. The van der Waals surface area contributed by atoms with Gasteiger partial charge in [0, 0.05) is 12.2 Å². The van der Waals surface area contributed by atoms with Crippen LogP contribution in [0.2, 0.25) is 0 Å². The predicted molar refractivity (Wildman–Crippen MR) is 117 cm³/mol. The first kappa shape index (κ1) is 20.8. The van der Waals surface area contributed by atoms with E-state index in [0.29, 0.717) is 0 Å². The van der Waals surface area contributed by atoms with Gasteiger partial charge in [-0.1, -0.05) is 84.9 Å². The summed E-state index contributed by atoms with van der Waals surface area (Å²) >= 11 is 0. The number of rotatable bonds is 8. The minimum absolute atomic E-state index is 0.244. The molecule has 0 aliphatic heterocycles. The van der Waals surface area contributed by atoms with Crippen LogP contribution >= 0.6 is 0 Å². The summed E-state index contributed by atoms with van der Waals surface area (Å²) < 4.78 is 10.4. The third kappa shape index (κ3) is 7.24. The van der Waals surface area contributed by atoms with E-state index < -0.39 is 11.9 Å². The number of carbonyl (C=O) groups excluding carboxylic acids is 2. The van der Waals surface area contributed by atoms with Gasteiger partial charge in [0.15, 0.2) is 0 Å². The summed E-state index contributed by atoms with van der Waals surface area (Å²) in [4.78, 5) is 23.7. The summed E-state index contributed by atoms with van der Waals surface area (Å²) in [5.41, 5.74) is 3.60. The molecule has 0 atom stereocenters. The highest BCUT2D eigenvalue weighted by molar-refractivity contribution is 5.88. The molecule has 0 amide bonds. The first-order valence-corrected chi connectivity index (χ1v) is 9.57. The Morgan fingerprint density at radius 1 is 0.567 bits per heavy atom. The Labute approximate surface area is 176 Å². The molecule has 0 N–H and O–H groups in total. The first-order chi connectivity index (χ1) is 14.7. The molecule has 4 nitrogen and oxygen atoms in total. The Hall–Kier alpha value is -3.92. The minimum atomic E-state index is -0.399. The molecule has 30 heavy (non-hydrogen) atoms. The molecule has 0 fully saturated rings. The monoisotopic (exact) mass is 398 g/mol. The second-order valence-corrected chi connectivity index (χ2v) is 6.52. The number of ether oxygens (including phenoxy) is 2. The number of hydrogen-bond donors (Lipinski definition) is 0. The van der Waals surface area contributed by atoms with Crippen molar-refractivity contribution in [2.75, 3.05) is 0 Å². The van der Waals surface area contributed by atoms with E-state index in [4.69, 9.17) is 9.47 Å². The Balaban J connectivity index is 1.44. The molecular weight excluding hydrogens is 376 g/mol. The molecule has 0 spiro atoms. The molecule has 0 aliphatic rings. The zero-order chi connectivity index (χ0) is 21.0. The fourth-order valence-electron chi connectivity index (χ4n) is 2.60. The summed E-state index contributed by atoms with van der Waals surface area (Å²) in [5, 5.41) is 0. The lowest BCUT2D eigenvalue weighted by Crippen LogP contribution is -2.00. The molecule has 0 saturated heterocycles. The maximum absolute atomic E-state index is 11.8. The average molecular weight is 398 g/mol. The van der Waals surface area contributed by atoms with Crippen LogP contribution in [0.3, 0.4) is 0 Å². The van der Waals surface area contributed by atoms with Crippen molar-refractivity contribution in [3.05, 3.63) is 119 Å². The van der Waals surface area contributed by atoms with Crippen molar-refractivity contribution >= 4 is 24.1 Å². The molecule has 0 bridgehead atoms. The van der Waals surface area contributed by atoms with Crippen molar-refractivity contribution < 1.29 is 19.1 Å². The van der Waals surface area contributed by atoms with Crippen LogP contribution in [0.1, 0.15) is 22.3 Å². The third-order valence-electron chi connectivity index (χ3n) is 4.21. The molecule has 0 saturated carbocycles. The standard InChI is InChI=1S/C26H22O4/c27-25(29-19-23-7-3-1-4-8-23)17-15-21-11-13-22(14-12-21)16-18-26(28)30-20-24-9-5-2-6-10-24/h1-18H,19-20H2/b17-15+,18-16+. The Kier molecular flexibility index (Phi) is 7.75. The molecule has 3 aromatic rings. The van der Waals surface area contributed by atoms with Gasteiger partial charge in [-0.25, -0.2) is 9.59 Å². The Bertz CT molecular complexity index is 919. The van der Waals surface area contributed by atoms with Crippen LogP contribution in [0.25, 0.3) is 12.2 Å². The molecule has 0 heterocycles. The van der Waals surface area contributed by atoms with E-state index in [-0.39, 0.29) is 13.2 Å². The molecule has 0 unspecified atom stereocenters. The maximum Gasteiger partial charge on any atom is 0.331 e. The number of benzene rings is 3.